The van der Waals surface area contributed by atoms with E-state index in [1.807, 2.05) is 0 Å². The molecule has 0 N–H and O–H groups in total. The molecule has 0 heterocycles. The Kier molecular flexibility index (Phi) is 11.6. The van der Waals surface area contributed by atoms with E-state index in [9.17, 15) is 0 Å². The van der Waals surface area contributed by atoms with Crippen molar-refractivity contribution in [3.8, 4) is 11.1 Å². The molecule has 0 radical (unpaired) electrons. The van der Waals surface area contributed by atoms with Gasteiger partial charge in [0.15, 0.2) is 0 Å². The van der Waals surface area contributed by atoms with Crippen LogP contribution in [0.25, 0.3) is 11.1 Å². The zero-order valence-electron chi connectivity index (χ0n) is 27.1. The second-order valence-corrected chi connectivity index (χ2v) is 18.2. The Bertz CT molecular complexity index is 1250. The number of benzene rings is 2. The van der Waals surface area contributed by atoms with Gasteiger partial charge in [0.25, 0.3) is 0 Å². The Hall–Kier alpha value is -0.877. The number of hydrogen-bond acceptors (Lipinski definition) is 0. The Morgan fingerprint density at radius 2 is 1.33 bits per heavy atom. The van der Waals surface area contributed by atoms with E-state index in [2.05, 4.69) is 116 Å². The first-order valence-electron chi connectivity index (χ1n) is 15.7. The average Bonchev–Trinajstić information content (AvgIpc) is 3.50. The summed E-state index contributed by atoms with van der Waals surface area (Å²) >= 11 is 1.55. The normalized spacial score (nSPS) is 24.6. The van der Waals surface area contributed by atoms with E-state index in [1.54, 1.807) is 49.1 Å². The summed E-state index contributed by atoms with van der Waals surface area (Å²) in [6.07, 6.45) is 10.2. The van der Waals surface area contributed by atoms with Gasteiger partial charge in [0.05, 0.1) is 0 Å². The molecule has 0 atom stereocenters. The van der Waals surface area contributed by atoms with Crippen LogP contribution in [0.1, 0.15) is 122 Å². The Labute approximate surface area is 284 Å². The molecule has 5 aliphatic carbocycles. The molecule has 5 aliphatic rings. The largest absolute Gasteiger partial charge is 1.00 e. The molecule has 0 amide bonds. The molecule has 0 aliphatic heterocycles. The summed E-state index contributed by atoms with van der Waals surface area (Å²) in [5.41, 5.74) is 11.1. The van der Waals surface area contributed by atoms with Crippen LogP contribution in [0, 0.1) is 23.8 Å². The number of rotatable bonds is 1. The van der Waals surface area contributed by atoms with E-state index >= 15 is 0 Å². The van der Waals surface area contributed by atoms with Gasteiger partial charge in [-0.05, 0) is 54.4 Å². The van der Waals surface area contributed by atoms with Gasteiger partial charge >= 0.3 is 41.3 Å². The molecule has 3 aromatic rings. The van der Waals surface area contributed by atoms with Crippen molar-refractivity contribution in [1.82, 2.24) is 0 Å². The van der Waals surface area contributed by atoms with Gasteiger partial charge in [-0.2, -0.15) is 53.1 Å². The minimum atomic E-state index is 0. The van der Waals surface area contributed by atoms with Crippen LogP contribution in [0.3, 0.4) is 0 Å². The molecule has 0 unspecified atom stereocenters. The first-order chi connectivity index (χ1) is 18.7. The molecule has 4 saturated carbocycles. The molecule has 4 bridgehead atoms. The topological polar surface area (TPSA) is 0 Å². The zero-order valence-corrected chi connectivity index (χ0v) is 31.1. The van der Waals surface area contributed by atoms with Crippen molar-refractivity contribution in [2.45, 2.75) is 117 Å². The van der Waals surface area contributed by atoms with Gasteiger partial charge < -0.3 is 24.8 Å². The molecule has 0 saturated heterocycles. The van der Waals surface area contributed by atoms with E-state index < -0.39 is 0 Å². The van der Waals surface area contributed by atoms with Crippen molar-refractivity contribution < 1.29 is 49.0 Å². The molecule has 0 aromatic heterocycles. The van der Waals surface area contributed by atoms with Crippen molar-refractivity contribution >= 4 is 3.21 Å². The van der Waals surface area contributed by atoms with Crippen LogP contribution in [0.5, 0.6) is 0 Å². The fourth-order valence-corrected chi connectivity index (χ4v) is 8.18. The van der Waals surface area contributed by atoms with Crippen LogP contribution in [0.2, 0.25) is 0 Å². The quantitative estimate of drug-likeness (QED) is 0.264. The van der Waals surface area contributed by atoms with Gasteiger partial charge in [0.1, 0.15) is 0 Å². The van der Waals surface area contributed by atoms with Gasteiger partial charge in [-0.1, -0.05) is 101 Å². The SMILES string of the molecule is CC(C)(C)c1c[c-]c2c(c1)-c1cc(C(C)(C)C)ccc1C2.C[C](C)=[Zr+2].[Cl-].[Cl-].c1cc(C23CC4CC(CC(C4)C2)C3)c[cH-]1. The third-order valence-electron chi connectivity index (χ3n) is 9.84. The molecule has 0 spiro atoms. The van der Waals surface area contributed by atoms with Gasteiger partial charge in [-0.3, -0.25) is 0 Å². The third-order valence-corrected chi connectivity index (χ3v) is 9.84. The van der Waals surface area contributed by atoms with E-state index in [-0.39, 0.29) is 35.6 Å². The monoisotopic (exact) mass is 678 g/mol. The number of halogens is 2. The third kappa shape index (κ3) is 7.85. The molecular weight excluding hydrogens is 631 g/mol. The van der Waals surface area contributed by atoms with Crippen LogP contribution < -0.4 is 24.8 Å². The maximum atomic E-state index is 3.53. The smallest absolute Gasteiger partial charge is 0.0411 e. The minimum Gasteiger partial charge on any atom is -1.00 e. The summed E-state index contributed by atoms with van der Waals surface area (Å²) in [6.45, 7) is 17.9. The second kappa shape index (κ2) is 13.6. The van der Waals surface area contributed by atoms with Crippen molar-refractivity contribution in [2.24, 2.45) is 17.8 Å². The standard InChI is InChI=1S/C21H25.C15H19.C3H6.2ClH.Zr/c1-20(2,3)16-9-7-14-11-15-8-10-17(21(4,5)6)13-19(15)18(14)12-16;1-2-4-14(3-1)15-8-11-5-12(9-15)7-13(6-11)10-15;1-3-2;;;/h7,9-10,12-13H,11H2,1-6H3;1-4,11-13H,5-10H2;1-2H3;2*1H;/q2*-1;;;;+2/p-2. The van der Waals surface area contributed by atoms with E-state index in [0.29, 0.717) is 5.41 Å². The molecule has 4 fully saturated rings. The molecule has 42 heavy (non-hydrogen) atoms. The number of hydrogen-bond donors (Lipinski definition) is 0. The molecule has 3 heteroatoms. The maximum Gasteiger partial charge on any atom is -0.0411 e. The molecular formula is C39H50Cl2Zr-2. The van der Waals surface area contributed by atoms with Crippen LogP contribution >= 0.6 is 0 Å². The van der Waals surface area contributed by atoms with Crippen LogP contribution in [-0.2, 0) is 46.9 Å². The summed E-state index contributed by atoms with van der Waals surface area (Å²) in [6, 6.07) is 24.3. The predicted molar refractivity (Wildman–Crippen MR) is 169 cm³/mol. The van der Waals surface area contributed by atoms with Crippen molar-refractivity contribution in [1.29, 1.82) is 0 Å². The fraction of sp³-hybridized carbons (Fsp3) is 0.538. The van der Waals surface area contributed by atoms with Gasteiger partial charge in [0, 0.05) is 0 Å². The first-order valence-corrected chi connectivity index (χ1v) is 16.9. The van der Waals surface area contributed by atoms with Crippen molar-refractivity contribution in [3.05, 3.63) is 88.5 Å². The van der Waals surface area contributed by atoms with Gasteiger partial charge in [-0.15, -0.1) is 5.56 Å². The van der Waals surface area contributed by atoms with Crippen LogP contribution in [0.15, 0.2) is 54.6 Å². The molecule has 0 nitrogen and oxygen atoms in total. The van der Waals surface area contributed by atoms with Crippen LogP contribution in [-0.4, -0.2) is 3.21 Å². The second-order valence-electron chi connectivity index (χ2n) is 15.7. The van der Waals surface area contributed by atoms with Crippen molar-refractivity contribution in [2.75, 3.05) is 0 Å². The zero-order chi connectivity index (χ0) is 28.9. The minimum absolute atomic E-state index is 0. The predicted octanol–water partition coefficient (Wildman–Crippen LogP) is 4.28. The maximum absolute atomic E-state index is 3.53. The number of fused-ring (bicyclic) bond motifs is 3. The Morgan fingerprint density at radius 3 is 1.81 bits per heavy atom. The fourth-order valence-electron chi connectivity index (χ4n) is 8.18. The molecule has 226 valence electrons. The Morgan fingerprint density at radius 1 is 0.810 bits per heavy atom. The molecule has 3 aromatic carbocycles. The summed E-state index contributed by atoms with van der Waals surface area (Å²) in [7, 11) is 0. The summed E-state index contributed by atoms with van der Waals surface area (Å²) < 4.78 is 1.51. The summed E-state index contributed by atoms with van der Waals surface area (Å²) in [5.74, 6) is 3.23. The summed E-state index contributed by atoms with van der Waals surface area (Å²) in [4.78, 5) is 0. The van der Waals surface area contributed by atoms with Crippen molar-refractivity contribution in [3.63, 3.8) is 0 Å². The average molecular weight is 681 g/mol. The van der Waals surface area contributed by atoms with Gasteiger partial charge in [-0.25, -0.2) is 6.07 Å². The van der Waals surface area contributed by atoms with E-state index in [1.165, 1.54) is 55.8 Å². The van der Waals surface area contributed by atoms with E-state index in [4.69, 9.17) is 0 Å². The molecule has 8 rings (SSSR count). The first kappa shape index (κ1) is 35.6. The van der Waals surface area contributed by atoms with Crippen LogP contribution in [0.4, 0.5) is 0 Å². The van der Waals surface area contributed by atoms with E-state index in [0.717, 1.165) is 24.2 Å². The summed E-state index contributed by atoms with van der Waals surface area (Å²) in [5, 5.41) is 0. The Balaban J connectivity index is 0.000000202. The van der Waals surface area contributed by atoms with Gasteiger partial charge in [0.2, 0.25) is 0 Å².